The first-order valence-electron chi connectivity index (χ1n) is 11.6. The van der Waals surface area contributed by atoms with Crippen LogP contribution in [0, 0.1) is 0 Å². The number of hydrogen-bond donors (Lipinski definition) is 2. The van der Waals surface area contributed by atoms with Crippen LogP contribution in [0.25, 0.3) is 10.8 Å². The number of pyridine rings is 2. The lowest BCUT2D eigenvalue weighted by molar-refractivity contribution is 0.122. The van der Waals surface area contributed by atoms with Gasteiger partial charge in [0.05, 0.1) is 11.5 Å². The Morgan fingerprint density at radius 2 is 1.86 bits per heavy atom. The summed E-state index contributed by atoms with van der Waals surface area (Å²) in [5, 5.41) is 15.3. The molecule has 0 amide bonds. The third-order valence-electron chi connectivity index (χ3n) is 6.89. The summed E-state index contributed by atoms with van der Waals surface area (Å²) in [6, 6.07) is 2.45. The van der Waals surface area contributed by atoms with E-state index in [9.17, 15) is 9.90 Å². The number of hydrogen-bond acceptors (Lipinski definition) is 4. The highest BCUT2D eigenvalue weighted by Crippen LogP contribution is 2.36. The van der Waals surface area contributed by atoms with Gasteiger partial charge in [0.2, 0.25) is 0 Å². The van der Waals surface area contributed by atoms with Crippen LogP contribution in [0.1, 0.15) is 87.9 Å². The van der Waals surface area contributed by atoms with Gasteiger partial charge in [-0.25, -0.2) is 0 Å². The molecule has 0 atom stereocenters. The minimum atomic E-state index is -0.167. The molecule has 2 aliphatic rings. The van der Waals surface area contributed by atoms with Crippen molar-refractivity contribution in [2.75, 3.05) is 13.1 Å². The van der Waals surface area contributed by atoms with Crippen LogP contribution in [0.15, 0.2) is 23.3 Å². The number of aliphatic hydroxyl groups excluding tert-OH is 1. The summed E-state index contributed by atoms with van der Waals surface area (Å²) in [6.45, 7) is 4.15. The van der Waals surface area contributed by atoms with Crippen molar-refractivity contribution in [3.05, 3.63) is 40.1 Å². The lowest BCUT2D eigenvalue weighted by Crippen LogP contribution is -2.34. The highest BCUT2D eigenvalue weighted by molar-refractivity contribution is 5.85. The Kier molecular flexibility index (Phi) is 6.66. The summed E-state index contributed by atoms with van der Waals surface area (Å²) in [5.41, 5.74) is 2.50. The molecule has 4 rings (SSSR count). The molecule has 3 heterocycles. The van der Waals surface area contributed by atoms with E-state index in [-0.39, 0.29) is 17.7 Å². The van der Waals surface area contributed by atoms with Gasteiger partial charge >= 0.3 is 0 Å². The van der Waals surface area contributed by atoms with E-state index in [4.69, 9.17) is 0 Å². The quantitative estimate of drug-likeness (QED) is 0.721. The smallest absolute Gasteiger partial charge is 0.260 e. The average Bonchev–Trinajstić information content (AvgIpc) is 2.76. The van der Waals surface area contributed by atoms with Crippen molar-refractivity contribution in [1.29, 1.82) is 0 Å². The summed E-state index contributed by atoms with van der Waals surface area (Å²) in [7, 11) is 0. The molecule has 1 saturated heterocycles. The Morgan fingerprint density at radius 1 is 1.10 bits per heavy atom. The second-order valence-corrected chi connectivity index (χ2v) is 8.96. The highest BCUT2D eigenvalue weighted by atomic mass is 16.3. The van der Waals surface area contributed by atoms with Crippen LogP contribution >= 0.6 is 0 Å². The molecule has 1 aliphatic carbocycles. The van der Waals surface area contributed by atoms with Gasteiger partial charge in [0.25, 0.3) is 5.56 Å². The molecule has 158 valence electrons. The van der Waals surface area contributed by atoms with Gasteiger partial charge in [-0.1, -0.05) is 19.8 Å². The van der Waals surface area contributed by atoms with Crippen molar-refractivity contribution in [3.8, 4) is 0 Å². The van der Waals surface area contributed by atoms with Crippen LogP contribution in [0.2, 0.25) is 0 Å². The minimum Gasteiger partial charge on any atom is -0.393 e. The zero-order chi connectivity index (χ0) is 20.2. The Morgan fingerprint density at radius 3 is 2.59 bits per heavy atom. The average molecular weight is 398 g/mol. The summed E-state index contributed by atoms with van der Waals surface area (Å²) < 4.78 is 2.00. The fourth-order valence-electron chi connectivity index (χ4n) is 5.09. The Hall–Kier alpha value is -1.72. The van der Waals surface area contributed by atoms with Crippen LogP contribution in [0.5, 0.6) is 0 Å². The monoisotopic (exact) mass is 397 g/mol. The predicted octanol–water partition coefficient (Wildman–Crippen LogP) is 4.07. The number of aryl methyl sites for hydroxylation is 1. The van der Waals surface area contributed by atoms with Crippen molar-refractivity contribution in [3.63, 3.8) is 0 Å². The number of aliphatic hydroxyl groups is 1. The fraction of sp³-hybridized carbons (Fsp3) is 0.667. The van der Waals surface area contributed by atoms with E-state index in [1.54, 1.807) is 0 Å². The van der Waals surface area contributed by atoms with Gasteiger partial charge in [0.1, 0.15) is 0 Å². The Balaban J connectivity index is 1.77. The Bertz CT molecular complexity index is 878. The van der Waals surface area contributed by atoms with Crippen LogP contribution in [0.3, 0.4) is 0 Å². The van der Waals surface area contributed by atoms with Crippen molar-refractivity contribution in [2.45, 2.75) is 89.2 Å². The molecule has 0 aromatic carbocycles. The van der Waals surface area contributed by atoms with Gasteiger partial charge in [-0.2, -0.15) is 0 Å². The standard InChI is InChI=1S/C24H35N3O2/c1-2-3-4-5-18-14-21-22(15-26-18)24(29)27(19-10-12-25-13-11-19)16-23(21)17-6-8-20(28)9-7-17/h14-17,19-20,25,28H,2-13H2,1H3. The summed E-state index contributed by atoms with van der Waals surface area (Å²) in [6.07, 6.45) is 14.1. The molecule has 2 fully saturated rings. The van der Waals surface area contributed by atoms with E-state index in [2.05, 4.69) is 29.5 Å². The molecule has 0 bridgehead atoms. The number of rotatable bonds is 6. The van der Waals surface area contributed by atoms with Gasteiger partial charge in [0.15, 0.2) is 0 Å². The number of aromatic nitrogens is 2. The molecule has 29 heavy (non-hydrogen) atoms. The van der Waals surface area contributed by atoms with E-state index in [1.165, 1.54) is 18.4 Å². The first-order chi connectivity index (χ1) is 14.2. The van der Waals surface area contributed by atoms with Crippen molar-refractivity contribution in [2.24, 2.45) is 0 Å². The number of nitrogens with zero attached hydrogens (tertiary/aromatic N) is 2. The topological polar surface area (TPSA) is 67.2 Å². The molecule has 2 aromatic heterocycles. The zero-order valence-corrected chi connectivity index (χ0v) is 17.7. The predicted molar refractivity (Wildman–Crippen MR) is 118 cm³/mol. The first kappa shape index (κ1) is 20.5. The molecule has 2 N–H and O–H groups in total. The van der Waals surface area contributed by atoms with Crippen molar-refractivity contribution in [1.82, 2.24) is 14.9 Å². The van der Waals surface area contributed by atoms with Gasteiger partial charge in [-0.3, -0.25) is 9.78 Å². The van der Waals surface area contributed by atoms with E-state index < -0.39 is 0 Å². The third-order valence-corrected chi connectivity index (χ3v) is 6.89. The zero-order valence-electron chi connectivity index (χ0n) is 17.7. The summed E-state index contributed by atoms with van der Waals surface area (Å²) >= 11 is 0. The molecule has 0 spiro atoms. The lowest BCUT2D eigenvalue weighted by atomic mass is 9.81. The normalized spacial score (nSPS) is 23.5. The molecule has 0 radical (unpaired) electrons. The molecular weight excluding hydrogens is 362 g/mol. The highest BCUT2D eigenvalue weighted by Gasteiger charge is 2.26. The number of unbranched alkanes of at least 4 members (excludes halogenated alkanes) is 2. The number of piperidine rings is 1. The maximum absolute atomic E-state index is 13.3. The third kappa shape index (κ3) is 4.56. The fourth-order valence-corrected chi connectivity index (χ4v) is 5.09. The molecule has 1 aliphatic heterocycles. The summed E-state index contributed by atoms with van der Waals surface area (Å²) in [5.74, 6) is 0.417. The summed E-state index contributed by atoms with van der Waals surface area (Å²) in [4.78, 5) is 18.0. The SMILES string of the molecule is CCCCCc1cc2c(C3CCC(O)CC3)cn(C3CCNCC3)c(=O)c2cn1. The maximum atomic E-state index is 13.3. The van der Waals surface area contributed by atoms with E-state index in [0.717, 1.165) is 80.9 Å². The molecular formula is C24H35N3O2. The number of nitrogens with one attached hydrogen (secondary N) is 1. The largest absolute Gasteiger partial charge is 0.393 e. The maximum Gasteiger partial charge on any atom is 0.260 e. The van der Waals surface area contributed by atoms with Gasteiger partial charge in [0, 0.05) is 24.1 Å². The van der Waals surface area contributed by atoms with Crippen molar-refractivity contribution >= 4 is 10.8 Å². The van der Waals surface area contributed by atoms with E-state index >= 15 is 0 Å². The van der Waals surface area contributed by atoms with Crippen LogP contribution in [0.4, 0.5) is 0 Å². The first-order valence-corrected chi connectivity index (χ1v) is 11.6. The second kappa shape index (κ2) is 9.40. The van der Waals surface area contributed by atoms with Crippen LogP contribution < -0.4 is 10.9 Å². The Labute approximate surface area is 173 Å². The molecule has 0 unspecified atom stereocenters. The molecule has 1 saturated carbocycles. The van der Waals surface area contributed by atoms with Crippen LogP contribution in [-0.4, -0.2) is 33.9 Å². The molecule has 5 heteroatoms. The minimum absolute atomic E-state index is 0.110. The van der Waals surface area contributed by atoms with Crippen LogP contribution in [-0.2, 0) is 6.42 Å². The van der Waals surface area contributed by atoms with Crippen molar-refractivity contribution < 1.29 is 5.11 Å². The second-order valence-electron chi connectivity index (χ2n) is 8.96. The van der Waals surface area contributed by atoms with E-state index in [0.29, 0.717) is 5.92 Å². The number of fused-ring (bicyclic) bond motifs is 1. The molecule has 2 aromatic rings. The van der Waals surface area contributed by atoms with Gasteiger partial charge in [-0.15, -0.1) is 0 Å². The molecule has 5 nitrogen and oxygen atoms in total. The van der Waals surface area contributed by atoms with Gasteiger partial charge < -0.3 is 15.0 Å². The lowest BCUT2D eigenvalue weighted by Gasteiger charge is -2.30. The van der Waals surface area contributed by atoms with Gasteiger partial charge in [-0.05, 0) is 87.4 Å². The van der Waals surface area contributed by atoms with E-state index in [1.807, 2.05) is 10.8 Å².